The van der Waals surface area contributed by atoms with E-state index >= 15 is 0 Å². The van der Waals surface area contributed by atoms with Gasteiger partial charge in [-0.15, -0.1) is 0 Å². The number of carbonyl (C=O) groups is 1. The Morgan fingerprint density at radius 2 is 2.08 bits per heavy atom. The first-order valence-electron chi connectivity index (χ1n) is 8.64. The highest BCUT2D eigenvalue weighted by Crippen LogP contribution is 2.32. The zero-order chi connectivity index (χ0) is 18.3. The molecule has 3 heterocycles. The second kappa shape index (κ2) is 6.35. The van der Waals surface area contributed by atoms with E-state index < -0.39 is 9.84 Å². The number of nitrogens with one attached hydrogen (secondary N) is 1. The number of rotatable bonds is 3. The average molecular weight is 372 g/mol. The normalized spacial score (nSPS) is 23.7. The number of benzene rings is 1. The fraction of sp³-hybridized carbons (Fsp3) is 0.389. The van der Waals surface area contributed by atoms with Crippen molar-refractivity contribution in [2.45, 2.75) is 31.8 Å². The molecule has 26 heavy (non-hydrogen) atoms. The molecular formula is C18H20N4O3S. The number of aromatic nitrogens is 2. The van der Waals surface area contributed by atoms with Crippen LogP contribution in [0.15, 0.2) is 36.5 Å². The van der Waals surface area contributed by atoms with Crippen molar-refractivity contribution >= 4 is 27.4 Å². The summed E-state index contributed by atoms with van der Waals surface area (Å²) < 4.78 is 23.2. The monoisotopic (exact) mass is 372 g/mol. The summed E-state index contributed by atoms with van der Waals surface area (Å²) in [6, 6.07) is 9.31. The molecule has 0 spiro atoms. The Morgan fingerprint density at radius 1 is 1.27 bits per heavy atom. The molecule has 0 bridgehead atoms. The fourth-order valence-electron chi connectivity index (χ4n) is 3.64. The van der Waals surface area contributed by atoms with Gasteiger partial charge in [-0.25, -0.2) is 18.4 Å². The number of para-hydroxylation sites is 1. The van der Waals surface area contributed by atoms with Gasteiger partial charge >= 0.3 is 0 Å². The SMILES string of the molecule is CC1Cc2ccccc2N1C(=O)c1ccnc(NC2CCS(=O)(=O)C2)n1. The van der Waals surface area contributed by atoms with Crippen LogP contribution in [0.3, 0.4) is 0 Å². The van der Waals surface area contributed by atoms with E-state index in [0.717, 1.165) is 17.7 Å². The molecule has 0 aliphatic carbocycles. The van der Waals surface area contributed by atoms with E-state index in [1.54, 1.807) is 11.0 Å². The van der Waals surface area contributed by atoms with E-state index in [0.29, 0.717) is 12.1 Å². The van der Waals surface area contributed by atoms with Crippen molar-refractivity contribution in [3.63, 3.8) is 0 Å². The molecule has 1 aromatic carbocycles. The third-order valence-electron chi connectivity index (χ3n) is 4.87. The van der Waals surface area contributed by atoms with Crippen molar-refractivity contribution in [3.8, 4) is 0 Å². The molecule has 2 atom stereocenters. The number of amides is 1. The summed E-state index contributed by atoms with van der Waals surface area (Å²) in [7, 11) is -2.99. The van der Waals surface area contributed by atoms with E-state index in [4.69, 9.17) is 0 Å². The third kappa shape index (κ3) is 3.16. The summed E-state index contributed by atoms with van der Waals surface area (Å²) in [6.07, 6.45) is 2.87. The molecule has 136 valence electrons. The van der Waals surface area contributed by atoms with Gasteiger partial charge in [0.1, 0.15) is 5.69 Å². The Morgan fingerprint density at radius 3 is 2.85 bits per heavy atom. The molecule has 1 N–H and O–H groups in total. The summed E-state index contributed by atoms with van der Waals surface area (Å²) >= 11 is 0. The minimum absolute atomic E-state index is 0.0613. The lowest BCUT2D eigenvalue weighted by Gasteiger charge is -2.22. The van der Waals surface area contributed by atoms with Gasteiger partial charge in [0.25, 0.3) is 5.91 Å². The van der Waals surface area contributed by atoms with Crippen molar-refractivity contribution in [1.82, 2.24) is 9.97 Å². The first-order valence-corrected chi connectivity index (χ1v) is 10.5. The van der Waals surface area contributed by atoms with E-state index in [2.05, 4.69) is 15.3 Å². The molecule has 1 saturated heterocycles. The molecule has 2 unspecified atom stereocenters. The highest BCUT2D eigenvalue weighted by atomic mass is 32.2. The maximum absolute atomic E-state index is 13.0. The molecule has 2 aliphatic heterocycles. The van der Waals surface area contributed by atoms with Gasteiger partial charge in [-0.1, -0.05) is 18.2 Å². The van der Waals surface area contributed by atoms with Crippen molar-refractivity contribution in [2.24, 2.45) is 0 Å². The summed E-state index contributed by atoms with van der Waals surface area (Å²) in [5.74, 6) is 0.362. The summed E-state index contributed by atoms with van der Waals surface area (Å²) in [5, 5.41) is 3.04. The molecule has 4 rings (SSSR count). The van der Waals surface area contributed by atoms with Crippen molar-refractivity contribution in [3.05, 3.63) is 47.8 Å². The number of carbonyl (C=O) groups excluding carboxylic acids is 1. The number of fused-ring (bicyclic) bond motifs is 1. The van der Waals surface area contributed by atoms with Crippen LogP contribution >= 0.6 is 0 Å². The first kappa shape index (κ1) is 17.0. The zero-order valence-corrected chi connectivity index (χ0v) is 15.2. The van der Waals surface area contributed by atoms with Crippen molar-refractivity contribution < 1.29 is 13.2 Å². The van der Waals surface area contributed by atoms with Crippen LogP contribution in [0.1, 0.15) is 29.4 Å². The van der Waals surface area contributed by atoms with Crippen LogP contribution in [-0.2, 0) is 16.3 Å². The van der Waals surface area contributed by atoms with Crippen LogP contribution in [0.5, 0.6) is 0 Å². The summed E-state index contributed by atoms with van der Waals surface area (Å²) in [4.78, 5) is 23.3. The van der Waals surface area contributed by atoms with Gasteiger partial charge in [-0.05, 0) is 37.5 Å². The average Bonchev–Trinajstić information content (AvgIpc) is 3.12. The molecule has 2 aromatic rings. The fourth-order valence-corrected chi connectivity index (χ4v) is 5.31. The molecule has 7 nitrogen and oxygen atoms in total. The van der Waals surface area contributed by atoms with Gasteiger partial charge in [0.05, 0.1) is 11.5 Å². The van der Waals surface area contributed by atoms with Gasteiger partial charge in [-0.2, -0.15) is 0 Å². The topological polar surface area (TPSA) is 92.3 Å². The standard InChI is InChI=1S/C18H20N4O3S/c1-12-10-13-4-2-3-5-16(13)22(12)17(23)15-6-8-19-18(21-15)20-14-7-9-26(24,25)11-14/h2-6,8,12,14H,7,9-11H2,1H3,(H,19,20,21). The van der Waals surface area contributed by atoms with Crippen LogP contribution in [0.2, 0.25) is 0 Å². The second-order valence-corrected chi connectivity index (χ2v) is 9.10. The van der Waals surface area contributed by atoms with Crippen LogP contribution < -0.4 is 10.2 Å². The maximum atomic E-state index is 13.0. The predicted octanol–water partition coefficient (Wildman–Crippen LogP) is 1.67. The Hall–Kier alpha value is -2.48. The Bertz CT molecular complexity index is 960. The molecule has 1 fully saturated rings. The zero-order valence-electron chi connectivity index (χ0n) is 14.4. The first-order chi connectivity index (χ1) is 12.4. The van der Waals surface area contributed by atoms with Crippen LogP contribution in [-0.4, -0.2) is 47.9 Å². The van der Waals surface area contributed by atoms with Crippen molar-refractivity contribution in [2.75, 3.05) is 21.7 Å². The molecule has 2 aliphatic rings. The summed E-state index contributed by atoms with van der Waals surface area (Å²) in [6.45, 7) is 2.02. The minimum atomic E-state index is -2.99. The van der Waals surface area contributed by atoms with E-state index in [1.807, 2.05) is 31.2 Å². The van der Waals surface area contributed by atoms with Gasteiger partial charge in [0.2, 0.25) is 5.95 Å². The lowest BCUT2D eigenvalue weighted by atomic mass is 10.1. The molecule has 8 heteroatoms. The number of anilines is 2. The molecule has 1 aromatic heterocycles. The smallest absolute Gasteiger partial charge is 0.277 e. The van der Waals surface area contributed by atoms with Gasteiger partial charge in [-0.3, -0.25) is 4.79 Å². The summed E-state index contributed by atoms with van der Waals surface area (Å²) in [5.41, 5.74) is 2.36. The van der Waals surface area contributed by atoms with Gasteiger partial charge < -0.3 is 10.2 Å². The molecule has 0 saturated carbocycles. The lowest BCUT2D eigenvalue weighted by Crippen LogP contribution is -2.36. The van der Waals surface area contributed by atoms with E-state index in [9.17, 15) is 13.2 Å². The van der Waals surface area contributed by atoms with Crippen molar-refractivity contribution in [1.29, 1.82) is 0 Å². The third-order valence-corrected chi connectivity index (χ3v) is 6.63. The highest BCUT2D eigenvalue weighted by molar-refractivity contribution is 7.91. The number of hydrogen-bond donors (Lipinski definition) is 1. The Kier molecular flexibility index (Phi) is 4.14. The molecule has 1 amide bonds. The highest BCUT2D eigenvalue weighted by Gasteiger charge is 2.32. The maximum Gasteiger partial charge on any atom is 0.277 e. The minimum Gasteiger partial charge on any atom is -0.350 e. The lowest BCUT2D eigenvalue weighted by molar-refractivity contribution is 0.0976. The van der Waals surface area contributed by atoms with Crippen LogP contribution in [0, 0.1) is 0 Å². The number of hydrogen-bond acceptors (Lipinski definition) is 6. The number of sulfone groups is 1. The quantitative estimate of drug-likeness (QED) is 0.881. The largest absolute Gasteiger partial charge is 0.350 e. The van der Waals surface area contributed by atoms with Crippen LogP contribution in [0.4, 0.5) is 11.6 Å². The van der Waals surface area contributed by atoms with Gasteiger partial charge in [0.15, 0.2) is 9.84 Å². The Balaban J connectivity index is 1.56. The predicted molar refractivity (Wildman–Crippen MR) is 99.1 cm³/mol. The second-order valence-electron chi connectivity index (χ2n) is 6.87. The Labute approximate surface area is 152 Å². The van der Waals surface area contributed by atoms with Gasteiger partial charge in [0, 0.05) is 24.0 Å². The van der Waals surface area contributed by atoms with E-state index in [1.165, 1.54) is 6.20 Å². The number of nitrogens with zero attached hydrogens (tertiary/aromatic N) is 3. The van der Waals surface area contributed by atoms with Crippen LogP contribution in [0.25, 0.3) is 0 Å². The molecule has 0 radical (unpaired) electrons. The molecular weight excluding hydrogens is 352 g/mol. The van der Waals surface area contributed by atoms with E-state index in [-0.39, 0.29) is 35.4 Å².